The van der Waals surface area contributed by atoms with E-state index in [0.29, 0.717) is 0 Å². The van der Waals surface area contributed by atoms with Crippen LogP contribution in [0.15, 0.2) is 42.5 Å². The zero-order chi connectivity index (χ0) is 14.2. The Kier molecular flexibility index (Phi) is 3.17. The molecule has 0 aromatic heterocycles. The summed E-state index contributed by atoms with van der Waals surface area (Å²) in [6.07, 6.45) is 0.987. The van der Waals surface area contributed by atoms with Crippen LogP contribution >= 0.6 is 0 Å². The number of benzene rings is 2. The fourth-order valence-corrected chi connectivity index (χ4v) is 2.77. The molecule has 0 radical (unpaired) electrons. The van der Waals surface area contributed by atoms with Crippen molar-refractivity contribution in [2.75, 3.05) is 5.32 Å². The van der Waals surface area contributed by atoms with Gasteiger partial charge in [-0.2, -0.15) is 0 Å². The van der Waals surface area contributed by atoms with Crippen molar-refractivity contribution in [2.45, 2.75) is 39.3 Å². The fourth-order valence-electron chi connectivity index (χ4n) is 2.77. The van der Waals surface area contributed by atoms with Crippen molar-refractivity contribution in [3.05, 3.63) is 59.2 Å². The maximum Gasteiger partial charge on any atom is 0.128 e. The maximum absolute atomic E-state index is 6.10. The van der Waals surface area contributed by atoms with E-state index < -0.39 is 0 Å². The summed E-state index contributed by atoms with van der Waals surface area (Å²) >= 11 is 0. The van der Waals surface area contributed by atoms with Crippen LogP contribution in [0.5, 0.6) is 5.75 Å². The molecule has 1 aliphatic rings. The molecular weight excluding hydrogens is 246 g/mol. The molecule has 1 N–H and O–H groups in total. The van der Waals surface area contributed by atoms with Gasteiger partial charge in [-0.15, -0.1) is 0 Å². The molecule has 0 bridgehead atoms. The predicted octanol–water partition coefficient (Wildman–Crippen LogP) is 4.32. The molecule has 0 atom stereocenters. The summed E-state index contributed by atoms with van der Waals surface area (Å²) in [6.45, 7) is 7.19. The van der Waals surface area contributed by atoms with Crippen LogP contribution in [0.3, 0.4) is 0 Å². The van der Waals surface area contributed by atoms with E-state index in [0.717, 1.165) is 24.4 Å². The second kappa shape index (κ2) is 4.86. The van der Waals surface area contributed by atoms with E-state index in [1.54, 1.807) is 0 Å². The summed E-state index contributed by atoms with van der Waals surface area (Å²) in [5.41, 5.74) is 4.89. The Labute approximate surface area is 120 Å². The largest absolute Gasteiger partial charge is 0.487 e. The van der Waals surface area contributed by atoms with Crippen molar-refractivity contribution in [1.82, 2.24) is 0 Å². The molecule has 0 amide bonds. The average Bonchev–Trinajstić information content (AvgIpc) is 2.71. The zero-order valence-electron chi connectivity index (χ0n) is 12.4. The highest BCUT2D eigenvalue weighted by atomic mass is 16.5. The summed E-state index contributed by atoms with van der Waals surface area (Å²) in [4.78, 5) is 0. The molecule has 2 aromatic carbocycles. The molecule has 20 heavy (non-hydrogen) atoms. The Morgan fingerprint density at radius 3 is 2.75 bits per heavy atom. The minimum Gasteiger partial charge on any atom is -0.487 e. The van der Waals surface area contributed by atoms with Crippen LogP contribution in [0.4, 0.5) is 5.69 Å². The van der Waals surface area contributed by atoms with Gasteiger partial charge in [0.25, 0.3) is 0 Å². The smallest absolute Gasteiger partial charge is 0.128 e. The van der Waals surface area contributed by atoms with Crippen LogP contribution in [0, 0.1) is 6.92 Å². The first-order chi connectivity index (χ1) is 9.53. The standard InChI is InChI=1S/C18H21NO/c1-13-6-4-9-16(10-13)19-12-15-8-5-7-14-11-18(2,3)20-17(14)15/h4-10,19H,11-12H2,1-3H3. The molecule has 0 aliphatic carbocycles. The fraction of sp³-hybridized carbons (Fsp3) is 0.333. The lowest BCUT2D eigenvalue weighted by Gasteiger charge is -2.18. The van der Waals surface area contributed by atoms with Crippen molar-refractivity contribution in [1.29, 1.82) is 0 Å². The number of ether oxygens (including phenoxy) is 1. The highest BCUT2D eigenvalue weighted by molar-refractivity contribution is 5.50. The number of anilines is 1. The molecular formula is C18H21NO. The van der Waals surface area contributed by atoms with Gasteiger partial charge in [0.2, 0.25) is 0 Å². The molecule has 1 heterocycles. The molecule has 104 valence electrons. The molecule has 0 saturated carbocycles. The third-order valence-electron chi connectivity index (χ3n) is 3.67. The molecule has 2 nitrogen and oxygen atoms in total. The Bertz CT molecular complexity index is 631. The molecule has 3 rings (SSSR count). The summed E-state index contributed by atoms with van der Waals surface area (Å²) < 4.78 is 6.10. The summed E-state index contributed by atoms with van der Waals surface area (Å²) in [7, 11) is 0. The van der Waals surface area contributed by atoms with Crippen LogP contribution in [-0.4, -0.2) is 5.60 Å². The van der Waals surface area contributed by atoms with Gasteiger partial charge in [-0.25, -0.2) is 0 Å². The van der Waals surface area contributed by atoms with E-state index >= 15 is 0 Å². The maximum atomic E-state index is 6.10. The summed E-state index contributed by atoms with van der Waals surface area (Å²) in [6, 6.07) is 14.9. The normalized spacial score (nSPS) is 15.6. The SMILES string of the molecule is Cc1cccc(NCc2cccc3c2OC(C)(C)C3)c1. The molecule has 0 fully saturated rings. The molecule has 2 heteroatoms. The Balaban J connectivity index is 1.78. The minimum absolute atomic E-state index is 0.0816. The molecule has 1 aliphatic heterocycles. The van der Waals surface area contributed by atoms with Crippen LogP contribution in [0.2, 0.25) is 0 Å². The van der Waals surface area contributed by atoms with Gasteiger partial charge in [-0.1, -0.05) is 30.3 Å². The lowest BCUT2D eigenvalue weighted by atomic mass is 10.0. The second-order valence-corrected chi connectivity index (χ2v) is 6.17. The average molecular weight is 267 g/mol. The first-order valence-electron chi connectivity index (χ1n) is 7.14. The number of aryl methyl sites for hydroxylation is 1. The van der Waals surface area contributed by atoms with E-state index in [4.69, 9.17) is 4.74 Å². The van der Waals surface area contributed by atoms with Gasteiger partial charge in [0.1, 0.15) is 11.4 Å². The second-order valence-electron chi connectivity index (χ2n) is 6.17. The number of rotatable bonds is 3. The third-order valence-corrected chi connectivity index (χ3v) is 3.67. The summed E-state index contributed by atoms with van der Waals surface area (Å²) in [5.74, 6) is 1.07. The molecule has 0 saturated heterocycles. The molecule has 0 spiro atoms. The third kappa shape index (κ3) is 2.64. The molecule has 0 unspecified atom stereocenters. The highest BCUT2D eigenvalue weighted by Crippen LogP contribution is 2.37. The summed E-state index contributed by atoms with van der Waals surface area (Å²) in [5, 5.41) is 3.48. The van der Waals surface area contributed by atoms with Crippen LogP contribution < -0.4 is 10.1 Å². The van der Waals surface area contributed by atoms with Crippen molar-refractivity contribution in [2.24, 2.45) is 0 Å². The molecule has 2 aromatic rings. The lowest BCUT2D eigenvalue weighted by Crippen LogP contribution is -2.25. The highest BCUT2D eigenvalue weighted by Gasteiger charge is 2.31. The Morgan fingerprint density at radius 1 is 1.15 bits per heavy atom. The monoisotopic (exact) mass is 267 g/mol. The van der Waals surface area contributed by atoms with E-state index in [-0.39, 0.29) is 5.60 Å². The van der Waals surface area contributed by atoms with Crippen LogP contribution in [0.25, 0.3) is 0 Å². The van der Waals surface area contributed by atoms with Gasteiger partial charge in [-0.05, 0) is 44.0 Å². The van der Waals surface area contributed by atoms with Gasteiger partial charge in [0.05, 0.1) is 0 Å². The number of nitrogens with one attached hydrogen (secondary N) is 1. The van der Waals surface area contributed by atoms with Crippen molar-refractivity contribution in [3.63, 3.8) is 0 Å². The lowest BCUT2D eigenvalue weighted by molar-refractivity contribution is 0.137. The number of fused-ring (bicyclic) bond motifs is 1. The number of hydrogen-bond donors (Lipinski definition) is 1. The van der Waals surface area contributed by atoms with Gasteiger partial charge < -0.3 is 10.1 Å². The Hall–Kier alpha value is -1.96. The first-order valence-corrected chi connectivity index (χ1v) is 7.14. The number of para-hydroxylation sites is 1. The predicted molar refractivity (Wildman–Crippen MR) is 83.4 cm³/mol. The van der Waals surface area contributed by atoms with Crippen molar-refractivity contribution >= 4 is 5.69 Å². The van der Waals surface area contributed by atoms with Gasteiger partial charge in [-0.3, -0.25) is 0 Å². The topological polar surface area (TPSA) is 21.3 Å². The van der Waals surface area contributed by atoms with E-state index in [1.807, 2.05) is 0 Å². The quantitative estimate of drug-likeness (QED) is 0.894. The van der Waals surface area contributed by atoms with Gasteiger partial charge in [0.15, 0.2) is 0 Å². The van der Waals surface area contributed by atoms with Gasteiger partial charge >= 0.3 is 0 Å². The van der Waals surface area contributed by atoms with Crippen LogP contribution in [0.1, 0.15) is 30.5 Å². The van der Waals surface area contributed by atoms with E-state index in [1.165, 1.54) is 16.7 Å². The Morgan fingerprint density at radius 2 is 1.95 bits per heavy atom. The first kappa shape index (κ1) is 13.0. The van der Waals surface area contributed by atoms with E-state index in [2.05, 4.69) is 68.6 Å². The van der Waals surface area contributed by atoms with Crippen molar-refractivity contribution in [3.8, 4) is 5.75 Å². The van der Waals surface area contributed by atoms with Crippen molar-refractivity contribution < 1.29 is 4.74 Å². The minimum atomic E-state index is -0.0816. The van der Waals surface area contributed by atoms with Crippen LogP contribution in [-0.2, 0) is 13.0 Å². The zero-order valence-corrected chi connectivity index (χ0v) is 12.4. The number of hydrogen-bond acceptors (Lipinski definition) is 2. The van der Waals surface area contributed by atoms with E-state index in [9.17, 15) is 0 Å². The van der Waals surface area contributed by atoms with Gasteiger partial charge in [0, 0.05) is 24.2 Å².